The summed E-state index contributed by atoms with van der Waals surface area (Å²) < 4.78 is 11.9. The van der Waals surface area contributed by atoms with Crippen molar-refractivity contribution in [3.63, 3.8) is 0 Å². The number of hydrogen-bond acceptors (Lipinski definition) is 4. The summed E-state index contributed by atoms with van der Waals surface area (Å²) in [7, 11) is 0. The number of pyridine rings is 1. The molecule has 5 nitrogen and oxygen atoms in total. The highest BCUT2D eigenvalue weighted by molar-refractivity contribution is 5.79. The van der Waals surface area contributed by atoms with Crippen LogP contribution in [0, 0.1) is 5.92 Å². The molecule has 0 radical (unpaired) electrons. The Bertz CT molecular complexity index is 820. The van der Waals surface area contributed by atoms with E-state index in [1.165, 1.54) is 5.56 Å². The van der Waals surface area contributed by atoms with Crippen LogP contribution in [0.5, 0.6) is 5.75 Å². The third-order valence-electron chi connectivity index (χ3n) is 5.39. The second-order valence-corrected chi connectivity index (χ2v) is 8.02. The molecule has 1 fully saturated rings. The lowest BCUT2D eigenvalue weighted by Gasteiger charge is -2.34. The summed E-state index contributed by atoms with van der Waals surface area (Å²) in [6.45, 7) is 5.26. The van der Waals surface area contributed by atoms with Gasteiger partial charge in [0.15, 0.2) is 0 Å². The quantitative estimate of drug-likeness (QED) is 0.901. The zero-order valence-corrected chi connectivity index (χ0v) is 15.9. The summed E-state index contributed by atoms with van der Waals surface area (Å²) in [5, 5.41) is 3.10. The number of amides is 1. The van der Waals surface area contributed by atoms with Crippen LogP contribution in [0.2, 0.25) is 0 Å². The first-order chi connectivity index (χ1) is 13.0. The molecule has 2 aliphatic heterocycles. The van der Waals surface area contributed by atoms with Crippen LogP contribution >= 0.6 is 0 Å². The minimum Gasteiger partial charge on any atom is -0.487 e. The van der Waals surface area contributed by atoms with Crippen LogP contribution in [-0.4, -0.2) is 35.7 Å². The van der Waals surface area contributed by atoms with Gasteiger partial charge in [0, 0.05) is 36.9 Å². The average Bonchev–Trinajstić information content (AvgIpc) is 3.09. The topological polar surface area (TPSA) is 60.5 Å². The minimum absolute atomic E-state index is 0.0184. The standard InChI is InChI=1S/C22H26N2O3/c1-22(2)13-17(8-11-26-22)21(25)24-14-18-12-16-4-3-5-19(20(16)27-18)15-6-9-23-10-7-15/h3-7,9-10,17-18H,8,11-14H2,1-2H3,(H,24,25). The van der Waals surface area contributed by atoms with Crippen LogP contribution in [-0.2, 0) is 16.0 Å². The maximum absolute atomic E-state index is 12.6. The van der Waals surface area contributed by atoms with E-state index in [-0.39, 0.29) is 23.5 Å². The van der Waals surface area contributed by atoms with Crippen molar-refractivity contribution < 1.29 is 14.3 Å². The number of carbonyl (C=O) groups is 1. The molecule has 0 bridgehead atoms. The van der Waals surface area contributed by atoms with Gasteiger partial charge in [-0.1, -0.05) is 18.2 Å². The van der Waals surface area contributed by atoms with Crippen molar-refractivity contribution in [3.8, 4) is 16.9 Å². The Labute approximate surface area is 160 Å². The molecule has 4 rings (SSSR count). The predicted molar refractivity (Wildman–Crippen MR) is 104 cm³/mol. The van der Waals surface area contributed by atoms with E-state index in [4.69, 9.17) is 9.47 Å². The van der Waals surface area contributed by atoms with Crippen LogP contribution in [0.25, 0.3) is 11.1 Å². The number of nitrogens with zero attached hydrogens (tertiary/aromatic N) is 1. The summed E-state index contributed by atoms with van der Waals surface area (Å²) in [5.74, 6) is 1.06. The van der Waals surface area contributed by atoms with Gasteiger partial charge < -0.3 is 14.8 Å². The fraction of sp³-hybridized carbons (Fsp3) is 0.455. The maximum Gasteiger partial charge on any atom is 0.223 e. The molecule has 142 valence electrons. The molecule has 2 aromatic rings. The molecule has 0 aliphatic carbocycles. The molecular weight excluding hydrogens is 340 g/mol. The summed E-state index contributed by atoms with van der Waals surface area (Å²) >= 11 is 0. The van der Waals surface area contributed by atoms with Crippen LogP contribution < -0.4 is 10.1 Å². The first-order valence-corrected chi connectivity index (χ1v) is 9.62. The van der Waals surface area contributed by atoms with Crippen molar-refractivity contribution >= 4 is 5.91 Å². The predicted octanol–water partition coefficient (Wildman–Crippen LogP) is 3.37. The number of ether oxygens (including phenoxy) is 2. The molecule has 3 heterocycles. The molecule has 2 atom stereocenters. The molecule has 0 spiro atoms. The van der Waals surface area contributed by atoms with E-state index in [1.807, 2.05) is 26.0 Å². The van der Waals surface area contributed by atoms with E-state index in [2.05, 4.69) is 28.5 Å². The fourth-order valence-electron chi connectivity index (χ4n) is 4.03. The fourth-order valence-corrected chi connectivity index (χ4v) is 4.03. The zero-order chi connectivity index (χ0) is 18.9. The van der Waals surface area contributed by atoms with Crippen LogP contribution in [0.15, 0.2) is 42.7 Å². The largest absolute Gasteiger partial charge is 0.487 e. The van der Waals surface area contributed by atoms with Crippen molar-refractivity contribution in [1.82, 2.24) is 10.3 Å². The van der Waals surface area contributed by atoms with Crippen molar-refractivity contribution in [1.29, 1.82) is 0 Å². The zero-order valence-electron chi connectivity index (χ0n) is 15.9. The van der Waals surface area contributed by atoms with Gasteiger partial charge in [-0.2, -0.15) is 0 Å². The molecule has 1 amide bonds. The molecule has 0 saturated carbocycles. The molecule has 2 unspecified atom stereocenters. The van der Waals surface area contributed by atoms with Gasteiger partial charge in [-0.3, -0.25) is 9.78 Å². The van der Waals surface area contributed by atoms with Crippen LogP contribution in [0.1, 0.15) is 32.3 Å². The lowest BCUT2D eigenvalue weighted by Crippen LogP contribution is -2.43. The molecule has 27 heavy (non-hydrogen) atoms. The van der Waals surface area contributed by atoms with Gasteiger partial charge in [0.05, 0.1) is 12.1 Å². The van der Waals surface area contributed by atoms with Crippen LogP contribution in [0.3, 0.4) is 0 Å². The van der Waals surface area contributed by atoms with Gasteiger partial charge >= 0.3 is 0 Å². The Morgan fingerprint density at radius 3 is 2.85 bits per heavy atom. The monoisotopic (exact) mass is 366 g/mol. The number of para-hydroxylation sites is 1. The lowest BCUT2D eigenvalue weighted by atomic mass is 9.88. The summed E-state index contributed by atoms with van der Waals surface area (Å²) in [5.41, 5.74) is 3.14. The smallest absolute Gasteiger partial charge is 0.223 e. The highest BCUT2D eigenvalue weighted by Crippen LogP contribution is 2.38. The van der Waals surface area contributed by atoms with Gasteiger partial charge in [-0.15, -0.1) is 0 Å². The Kier molecular flexibility index (Phi) is 4.87. The van der Waals surface area contributed by atoms with Gasteiger partial charge in [0.2, 0.25) is 5.91 Å². The Balaban J connectivity index is 1.39. The molecule has 5 heteroatoms. The highest BCUT2D eigenvalue weighted by atomic mass is 16.5. The van der Waals surface area contributed by atoms with Crippen molar-refractivity contribution in [2.24, 2.45) is 5.92 Å². The van der Waals surface area contributed by atoms with Crippen LogP contribution in [0.4, 0.5) is 0 Å². The summed E-state index contributed by atoms with van der Waals surface area (Å²) in [6.07, 6.45) is 5.91. The number of aromatic nitrogens is 1. The Hall–Kier alpha value is -2.40. The van der Waals surface area contributed by atoms with Gasteiger partial charge in [-0.25, -0.2) is 0 Å². The molecular formula is C22H26N2O3. The molecule has 1 aromatic heterocycles. The third kappa shape index (κ3) is 3.98. The average molecular weight is 366 g/mol. The highest BCUT2D eigenvalue weighted by Gasteiger charge is 2.33. The molecule has 1 N–H and O–H groups in total. The van der Waals surface area contributed by atoms with E-state index >= 15 is 0 Å². The normalized spacial score (nSPS) is 23.3. The number of fused-ring (bicyclic) bond motifs is 1. The maximum atomic E-state index is 12.6. The third-order valence-corrected chi connectivity index (χ3v) is 5.39. The number of hydrogen-bond donors (Lipinski definition) is 1. The minimum atomic E-state index is -0.222. The Morgan fingerprint density at radius 1 is 1.26 bits per heavy atom. The van der Waals surface area contributed by atoms with Crippen molar-refractivity contribution in [2.75, 3.05) is 13.2 Å². The number of nitrogens with one attached hydrogen (secondary N) is 1. The number of rotatable bonds is 4. The second kappa shape index (κ2) is 7.31. The lowest BCUT2D eigenvalue weighted by molar-refractivity contribution is -0.135. The first-order valence-electron chi connectivity index (χ1n) is 9.62. The second-order valence-electron chi connectivity index (χ2n) is 8.02. The molecule has 1 aromatic carbocycles. The van der Waals surface area contributed by atoms with Crippen molar-refractivity contribution in [3.05, 3.63) is 48.3 Å². The van der Waals surface area contributed by atoms with E-state index in [0.717, 1.165) is 36.1 Å². The SMILES string of the molecule is CC1(C)CC(C(=O)NCC2Cc3cccc(-c4ccncc4)c3O2)CCO1. The van der Waals surface area contributed by atoms with Gasteiger partial charge in [0.25, 0.3) is 0 Å². The van der Waals surface area contributed by atoms with Gasteiger partial charge in [-0.05, 0) is 49.9 Å². The number of carbonyl (C=O) groups excluding carboxylic acids is 1. The first kappa shape index (κ1) is 18.0. The molecule has 1 saturated heterocycles. The van der Waals surface area contributed by atoms with E-state index in [9.17, 15) is 4.79 Å². The van der Waals surface area contributed by atoms with Gasteiger partial charge in [0.1, 0.15) is 11.9 Å². The summed E-state index contributed by atoms with van der Waals surface area (Å²) in [6, 6.07) is 10.2. The van der Waals surface area contributed by atoms with E-state index < -0.39 is 0 Å². The van der Waals surface area contributed by atoms with E-state index in [0.29, 0.717) is 13.2 Å². The molecule has 2 aliphatic rings. The number of benzene rings is 1. The summed E-state index contributed by atoms with van der Waals surface area (Å²) in [4.78, 5) is 16.7. The van der Waals surface area contributed by atoms with E-state index in [1.54, 1.807) is 12.4 Å². The van der Waals surface area contributed by atoms with Crippen molar-refractivity contribution in [2.45, 2.75) is 44.8 Å². The Morgan fingerprint density at radius 2 is 2.07 bits per heavy atom.